The second kappa shape index (κ2) is 8.32. The minimum absolute atomic E-state index is 0.120. The van der Waals surface area contributed by atoms with E-state index in [4.69, 9.17) is 4.74 Å². The minimum atomic E-state index is -0.186. The summed E-state index contributed by atoms with van der Waals surface area (Å²) < 4.78 is 5.19. The molecule has 0 saturated carbocycles. The van der Waals surface area contributed by atoms with Crippen LogP contribution in [0, 0.1) is 0 Å². The normalized spacial score (nSPS) is 19.7. The van der Waals surface area contributed by atoms with Crippen LogP contribution < -0.4 is 0 Å². The monoisotopic (exact) mass is 238 g/mol. The number of esters is 1. The Morgan fingerprint density at radius 1 is 1.12 bits per heavy atom. The first-order chi connectivity index (χ1) is 8.24. The Kier molecular flexibility index (Phi) is 6.99. The van der Waals surface area contributed by atoms with Crippen LogP contribution >= 0.6 is 0 Å². The zero-order valence-corrected chi connectivity index (χ0v) is 11.2. The van der Waals surface area contributed by atoms with Crippen LogP contribution in [0.1, 0.15) is 71.1 Å². The topological polar surface area (TPSA) is 26.3 Å². The Balaban J connectivity index is 1.88. The maximum Gasteiger partial charge on any atom is 0.333 e. The summed E-state index contributed by atoms with van der Waals surface area (Å²) in [5.41, 5.74) is 0.648. The van der Waals surface area contributed by atoms with Crippen molar-refractivity contribution >= 4 is 5.97 Å². The van der Waals surface area contributed by atoms with Gasteiger partial charge >= 0.3 is 5.97 Å². The molecule has 1 heterocycles. The first-order valence-corrected chi connectivity index (χ1v) is 7.12. The molecule has 2 nitrogen and oxygen atoms in total. The second-order valence-corrected chi connectivity index (χ2v) is 5.10. The summed E-state index contributed by atoms with van der Waals surface area (Å²) in [5, 5.41) is 0. The molecule has 17 heavy (non-hydrogen) atoms. The van der Waals surface area contributed by atoms with Crippen LogP contribution in [-0.4, -0.2) is 12.1 Å². The molecule has 1 rings (SSSR count). The van der Waals surface area contributed by atoms with Gasteiger partial charge in [0.05, 0.1) is 0 Å². The number of cyclic esters (lactones) is 1. The van der Waals surface area contributed by atoms with E-state index < -0.39 is 0 Å². The summed E-state index contributed by atoms with van der Waals surface area (Å²) in [5.74, 6) is -0.186. The fourth-order valence-corrected chi connectivity index (χ4v) is 2.30. The summed E-state index contributed by atoms with van der Waals surface area (Å²) in [7, 11) is 0. The molecule has 0 spiro atoms. The summed E-state index contributed by atoms with van der Waals surface area (Å²) in [6.45, 7) is 5.94. The number of unbranched alkanes of at least 4 members (excludes halogenated alkanes) is 7. The summed E-state index contributed by atoms with van der Waals surface area (Å²) in [4.78, 5) is 11.1. The smallest absolute Gasteiger partial charge is 0.333 e. The number of hydrogen-bond acceptors (Lipinski definition) is 2. The van der Waals surface area contributed by atoms with Gasteiger partial charge in [-0.25, -0.2) is 4.79 Å². The Morgan fingerprint density at radius 2 is 1.71 bits per heavy atom. The number of ether oxygens (including phenoxy) is 1. The average Bonchev–Trinajstić information content (AvgIpc) is 2.62. The van der Waals surface area contributed by atoms with E-state index in [2.05, 4.69) is 13.5 Å². The number of rotatable bonds is 9. The molecule has 0 amide bonds. The molecular weight excluding hydrogens is 212 g/mol. The van der Waals surface area contributed by atoms with Crippen molar-refractivity contribution < 1.29 is 9.53 Å². The van der Waals surface area contributed by atoms with Gasteiger partial charge < -0.3 is 4.74 Å². The van der Waals surface area contributed by atoms with Gasteiger partial charge in [0.1, 0.15) is 6.10 Å². The van der Waals surface area contributed by atoms with Crippen molar-refractivity contribution in [2.45, 2.75) is 77.2 Å². The van der Waals surface area contributed by atoms with Crippen LogP contribution in [0.15, 0.2) is 12.2 Å². The van der Waals surface area contributed by atoms with Crippen LogP contribution in [0.5, 0.6) is 0 Å². The van der Waals surface area contributed by atoms with Gasteiger partial charge in [-0.3, -0.25) is 0 Å². The third kappa shape index (κ3) is 5.90. The Morgan fingerprint density at radius 3 is 2.24 bits per heavy atom. The summed E-state index contributed by atoms with van der Waals surface area (Å²) >= 11 is 0. The Hall–Kier alpha value is -0.790. The van der Waals surface area contributed by atoms with E-state index in [0.29, 0.717) is 5.57 Å². The zero-order chi connectivity index (χ0) is 12.5. The van der Waals surface area contributed by atoms with Gasteiger partial charge in [-0.1, -0.05) is 58.4 Å². The van der Waals surface area contributed by atoms with Crippen molar-refractivity contribution in [1.29, 1.82) is 0 Å². The number of carbonyl (C=O) groups is 1. The molecule has 0 bridgehead atoms. The molecule has 0 N–H and O–H groups in total. The molecule has 0 aromatic carbocycles. The van der Waals surface area contributed by atoms with Gasteiger partial charge in [0.15, 0.2) is 0 Å². The molecule has 1 aliphatic rings. The van der Waals surface area contributed by atoms with E-state index in [0.717, 1.165) is 12.8 Å². The third-order valence-electron chi connectivity index (χ3n) is 3.42. The maximum absolute atomic E-state index is 11.1. The molecule has 0 aliphatic carbocycles. The Labute approximate surface area is 105 Å². The van der Waals surface area contributed by atoms with Crippen LogP contribution in [-0.2, 0) is 9.53 Å². The van der Waals surface area contributed by atoms with Crippen molar-refractivity contribution in [2.75, 3.05) is 0 Å². The molecule has 1 unspecified atom stereocenters. The third-order valence-corrected chi connectivity index (χ3v) is 3.42. The summed E-state index contributed by atoms with van der Waals surface area (Å²) in [6.07, 6.45) is 12.5. The predicted octanol–water partition coefficient (Wildman–Crippen LogP) is 4.39. The van der Waals surface area contributed by atoms with Crippen LogP contribution in [0.3, 0.4) is 0 Å². The van der Waals surface area contributed by atoms with E-state index in [1.54, 1.807) is 0 Å². The highest BCUT2D eigenvalue weighted by Crippen LogP contribution is 2.23. The second-order valence-electron chi connectivity index (χ2n) is 5.10. The lowest BCUT2D eigenvalue weighted by atomic mass is 10.0. The van der Waals surface area contributed by atoms with Crippen molar-refractivity contribution in [1.82, 2.24) is 0 Å². The van der Waals surface area contributed by atoms with Gasteiger partial charge in [0.2, 0.25) is 0 Å². The van der Waals surface area contributed by atoms with Crippen LogP contribution in [0.4, 0.5) is 0 Å². The number of hydrogen-bond donors (Lipinski definition) is 0. The van der Waals surface area contributed by atoms with Crippen LogP contribution in [0.25, 0.3) is 0 Å². The van der Waals surface area contributed by atoms with Gasteiger partial charge in [-0.05, 0) is 12.8 Å². The molecule has 1 saturated heterocycles. The molecule has 0 aromatic rings. The van der Waals surface area contributed by atoms with Crippen molar-refractivity contribution in [2.24, 2.45) is 0 Å². The number of carbonyl (C=O) groups excluding carboxylic acids is 1. The largest absolute Gasteiger partial charge is 0.459 e. The van der Waals surface area contributed by atoms with E-state index in [-0.39, 0.29) is 12.1 Å². The van der Waals surface area contributed by atoms with Gasteiger partial charge in [-0.15, -0.1) is 0 Å². The van der Waals surface area contributed by atoms with E-state index >= 15 is 0 Å². The Bertz CT molecular complexity index is 229. The quantitative estimate of drug-likeness (QED) is 0.338. The van der Waals surface area contributed by atoms with E-state index in [1.807, 2.05) is 0 Å². The van der Waals surface area contributed by atoms with E-state index in [9.17, 15) is 4.79 Å². The van der Waals surface area contributed by atoms with Gasteiger partial charge in [0, 0.05) is 12.0 Å². The minimum Gasteiger partial charge on any atom is -0.459 e. The highest BCUT2D eigenvalue weighted by atomic mass is 16.5. The molecule has 98 valence electrons. The first-order valence-electron chi connectivity index (χ1n) is 7.12. The lowest BCUT2D eigenvalue weighted by Crippen LogP contribution is -2.06. The molecule has 0 radical (unpaired) electrons. The van der Waals surface area contributed by atoms with Gasteiger partial charge in [0.25, 0.3) is 0 Å². The zero-order valence-electron chi connectivity index (χ0n) is 11.2. The summed E-state index contributed by atoms with van der Waals surface area (Å²) in [6, 6.07) is 0. The molecule has 0 aromatic heterocycles. The lowest BCUT2D eigenvalue weighted by Gasteiger charge is -2.07. The first kappa shape index (κ1) is 14.3. The van der Waals surface area contributed by atoms with Crippen molar-refractivity contribution in [3.63, 3.8) is 0 Å². The molecule has 1 fully saturated rings. The van der Waals surface area contributed by atoms with Crippen molar-refractivity contribution in [3.8, 4) is 0 Å². The highest BCUT2D eigenvalue weighted by Gasteiger charge is 2.26. The fourth-order valence-electron chi connectivity index (χ4n) is 2.30. The predicted molar refractivity (Wildman–Crippen MR) is 70.9 cm³/mol. The molecular formula is C15H26O2. The molecule has 1 atom stereocenters. The SMILES string of the molecule is C=C1CC(CCCCCCCCCC)OC1=O. The average molecular weight is 238 g/mol. The molecule has 1 aliphatic heterocycles. The van der Waals surface area contributed by atoms with Crippen LogP contribution in [0.2, 0.25) is 0 Å². The maximum atomic E-state index is 11.1. The lowest BCUT2D eigenvalue weighted by molar-refractivity contribution is -0.139. The standard InChI is InChI=1S/C15H26O2/c1-3-4-5-6-7-8-9-10-11-14-12-13(2)15(16)17-14/h14H,2-12H2,1H3. The fraction of sp³-hybridized carbons (Fsp3) is 0.800. The molecule has 2 heteroatoms. The highest BCUT2D eigenvalue weighted by molar-refractivity contribution is 5.89. The van der Waals surface area contributed by atoms with Gasteiger partial charge in [-0.2, -0.15) is 0 Å². The van der Waals surface area contributed by atoms with E-state index in [1.165, 1.54) is 51.4 Å². The van der Waals surface area contributed by atoms with Crippen molar-refractivity contribution in [3.05, 3.63) is 12.2 Å².